The van der Waals surface area contributed by atoms with Gasteiger partial charge in [0, 0.05) is 18.3 Å². The molecule has 0 aliphatic rings. The van der Waals surface area contributed by atoms with Crippen LogP contribution in [0.3, 0.4) is 0 Å². The van der Waals surface area contributed by atoms with Crippen LogP contribution in [0.4, 0.5) is 5.69 Å². The Morgan fingerprint density at radius 1 is 1.10 bits per heavy atom. The summed E-state index contributed by atoms with van der Waals surface area (Å²) in [5.74, 6) is 0.827. The lowest BCUT2D eigenvalue weighted by Gasteiger charge is -2.11. The highest BCUT2D eigenvalue weighted by molar-refractivity contribution is 6.30. The summed E-state index contributed by atoms with van der Waals surface area (Å²) in [6, 6.07) is 4.10. The molecule has 0 atom stereocenters. The molecule has 0 radical (unpaired) electrons. The van der Waals surface area contributed by atoms with Gasteiger partial charge in [-0.05, 0) is 0 Å². The molecule has 1 heterocycles. The van der Waals surface area contributed by atoms with Crippen molar-refractivity contribution in [2.45, 2.75) is 0 Å². The summed E-state index contributed by atoms with van der Waals surface area (Å²) in [6.07, 6.45) is 2.82. The van der Waals surface area contributed by atoms with Crippen LogP contribution < -0.4 is 14.2 Å². The van der Waals surface area contributed by atoms with Crippen LogP contribution in [0, 0.1) is 10.1 Å². The largest absolute Gasteiger partial charge is 0.493 e. The monoisotopic (exact) mass is 310 g/mol. The molecule has 0 aliphatic heterocycles. The first-order valence-corrected chi connectivity index (χ1v) is 6.11. The molecule has 7 nitrogen and oxygen atoms in total. The fourth-order valence-electron chi connectivity index (χ4n) is 1.65. The number of halogens is 1. The van der Waals surface area contributed by atoms with Crippen LogP contribution in [0.1, 0.15) is 0 Å². The molecule has 0 saturated carbocycles. The average Bonchev–Trinajstić information content (AvgIpc) is 2.46. The topological polar surface area (TPSA) is 83.7 Å². The van der Waals surface area contributed by atoms with Crippen molar-refractivity contribution in [1.82, 2.24) is 4.98 Å². The Balaban J connectivity index is 2.48. The van der Waals surface area contributed by atoms with Crippen LogP contribution in [-0.4, -0.2) is 24.1 Å². The SMILES string of the molecule is COc1cc(Oc2cncc(Cl)c2)c([N+](=O)[O-])cc1OC. The molecule has 21 heavy (non-hydrogen) atoms. The molecular weight excluding hydrogens is 300 g/mol. The van der Waals surface area contributed by atoms with E-state index < -0.39 is 4.92 Å². The van der Waals surface area contributed by atoms with E-state index in [-0.39, 0.29) is 22.9 Å². The number of pyridine rings is 1. The minimum atomic E-state index is -0.574. The molecule has 1 aromatic heterocycles. The standard InChI is InChI=1S/C13H11ClN2O5/c1-19-12-4-10(16(17)18)11(5-13(12)20-2)21-9-3-8(14)6-15-7-9/h3-7H,1-2H3. The van der Waals surface area contributed by atoms with Crippen molar-refractivity contribution in [3.63, 3.8) is 0 Å². The van der Waals surface area contributed by atoms with Crippen LogP contribution in [0.5, 0.6) is 23.0 Å². The van der Waals surface area contributed by atoms with Crippen LogP contribution in [0.2, 0.25) is 5.02 Å². The second-order valence-electron chi connectivity index (χ2n) is 3.87. The third-order valence-corrected chi connectivity index (χ3v) is 2.78. The van der Waals surface area contributed by atoms with Crippen molar-refractivity contribution in [2.75, 3.05) is 14.2 Å². The lowest BCUT2D eigenvalue weighted by molar-refractivity contribution is -0.385. The molecule has 0 spiro atoms. The molecule has 0 aliphatic carbocycles. The van der Waals surface area contributed by atoms with Gasteiger partial charge in [-0.3, -0.25) is 15.1 Å². The van der Waals surface area contributed by atoms with Crippen molar-refractivity contribution in [3.8, 4) is 23.0 Å². The van der Waals surface area contributed by atoms with Crippen LogP contribution in [0.25, 0.3) is 0 Å². The molecule has 0 saturated heterocycles. The number of hydrogen-bond acceptors (Lipinski definition) is 6. The maximum absolute atomic E-state index is 11.1. The van der Waals surface area contributed by atoms with Gasteiger partial charge in [0.2, 0.25) is 5.75 Å². The minimum absolute atomic E-state index is 0.00159. The fraction of sp³-hybridized carbons (Fsp3) is 0.154. The molecular formula is C13H11ClN2O5. The van der Waals surface area contributed by atoms with Crippen molar-refractivity contribution < 1.29 is 19.1 Å². The van der Waals surface area contributed by atoms with Gasteiger partial charge in [0.05, 0.1) is 36.4 Å². The van der Waals surface area contributed by atoms with Gasteiger partial charge in [-0.15, -0.1) is 0 Å². The summed E-state index contributed by atoms with van der Waals surface area (Å²) in [6.45, 7) is 0. The normalized spacial score (nSPS) is 10.0. The quantitative estimate of drug-likeness (QED) is 0.621. The first kappa shape index (κ1) is 14.9. The highest BCUT2D eigenvalue weighted by Gasteiger charge is 2.21. The Morgan fingerprint density at radius 2 is 1.76 bits per heavy atom. The highest BCUT2D eigenvalue weighted by atomic mass is 35.5. The van der Waals surface area contributed by atoms with E-state index in [4.69, 9.17) is 25.8 Å². The molecule has 2 aromatic rings. The second kappa shape index (κ2) is 6.27. The van der Waals surface area contributed by atoms with Gasteiger partial charge >= 0.3 is 5.69 Å². The van der Waals surface area contributed by atoms with E-state index in [0.717, 1.165) is 0 Å². The predicted octanol–water partition coefficient (Wildman–Crippen LogP) is 3.45. The maximum Gasteiger partial charge on any atom is 0.315 e. The van der Waals surface area contributed by atoms with E-state index in [1.165, 1.54) is 44.8 Å². The van der Waals surface area contributed by atoms with Gasteiger partial charge in [0.1, 0.15) is 5.75 Å². The molecule has 0 amide bonds. The molecule has 0 N–H and O–H groups in total. The van der Waals surface area contributed by atoms with E-state index >= 15 is 0 Å². The van der Waals surface area contributed by atoms with Crippen molar-refractivity contribution in [3.05, 3.63) is 45.7 Å². The number of nitro groups is 1. The molecule has 0 unspecified atom stereocenters. The van der Waals surface area contributed by atoms with E-state index in [1.807, 2.05) is 0 Å². The number of benzene rings is 1. The molecule has 0 bridgehead atoms. The fourth-order valence-corrected chi connectivity index (χ4v) is 1.81. The van der Waals surface area contributed by atoms with Crippen LogP contribution in [-0.2, 0) is 0 Å². The van der Waals surface area contributed by atoms with E-state index in [1.54, 1.807) is 0 Å². The molecule has 0 fully saturated rings. The molecule has 8 heteroatoms. The van der Waals surface area contributed by atoms with Gasteiger partial charge in [0.25, 0.3) is 0 Å². The summed E-state index contributed by atoms with van der Waals surface area (Å²) in [5, 5.41) is 11.5. The zero-order chi connectivity index (χ0) is 15.4. The average molecular weight is 311 g/mol. The van der Waals surface area contributed by atoms with Gasteiger partial charge in [-0.1, -0.05) is 11.6 Å². The minimum Gasteiger partial charge on any atom is -0.493 e. The number of rotatable bonds is 5. The molecule has 2 rings (SSSR count). The molecule has 1 aromatic carbocycles. The van der Waals surface area contributed by atoms with Crippen LogP contribution in [0.15, 0.2) is 30.6 Å². The number of methoxy groups -OCH3 is 2. The lowest BCUT2D eigenvalue weighted by atomic mass is 10.2. The van der Waals surface area contributed by atoms with Gasteiger partial charge in [0.15, 0.2) is 11.5 Å². The lowest BCUT2D eigenvalue weighted by Crippen LogP contribution is -1.97. The van der Waals surface area contributed by atoms with Gasteiger partial charge in [-0.2, -0.15) is 0 Å². The smallest absolute Gasteiger partial charge is 0.315 e. The summed E-state index contributed by atoms with van der Waals surface area (Å²) in [5.41, 5.74) is -0.257. The number of nitro benzene ring substituents is 1. The third kappa shape index (κ3) is 3.32. The number of ether oxygens (including phenoxy) is 3. The predicted molar refractivity (Wildman–Crippen MR) is 75.5 cm³/mol. The van der Waals surface area contributed by atoms with Gasteiger partial charge < -0.3 is 14.2 Å². The first-order valence-electron chi connectivity index (χ1n) is 5.74. The Bertz CT molecular complexity index is 678. The molecule has 110 valence electrons. The zero-order valence-corrected chi connectivity index (χ0v) is 12.0. The van der Waals surface area contributed by atoms with E-state index in [0.29, 0.717) is 10.8 Å². The second-order valence-corrected chi connectivity index (χ2v) is 4.31. The summed E-state index contributed by atoms with van der Waals surface area (Å²) in [7, 11) is 2.82. The highest BCUT2D eigenvalue weighted by Crippen LogP contribution is 2.41. The maximum atomic E-state index is 11.1. The Hall–Kier alpha value is -2.54. The summed E-state index contributed by atoms with van der Waals surface area (Å²) >= 11 is 5.80. The van der Waals surface area contributed by atoms with Crippen molar-refractivity contribution in [2.24, 2.45) is 0 Å². The number of hydrogen-bond donors (Lipinski definition) is 0. The van der Waals surface area contributed by atoms with Crippen LogP contribution >= 0.6 is 11.6 Å². The van der Waals surface area contributed by atoms with E-state index in [9.17, 15) is 10.1 Å². The Morgan fingerprint density at radius 3 is 2.33 bits per heavy atom. The Labute approximate surface area is 125 Å². The third-order valence-electron chi connectivity index (χ3n) is 2.57. The summed E-state index contributed by atoms with van der Waals surface area (Å²) in [4.78, 5) is 14.4. The number of aromatic nitrogens is 1. The Kier molecular flexibility index (Phi) is 4.44. The van der Waals surface area contributed by atoms with Crippen molar-refractivity contribution >= 4 is 17.3 Å². The zero-order valence-electron chi connectivity index (χ0n) is 11.2. The van der Waals surface area contributed by atoms with Gasteiger partial charge in [-0.25, -0.2) is 0 Å². The first-order chi connectivity index (χ1) is 10.0. The summed E-state index contributed by atoms with van der Waals surface area (Å²) < 4.78 is 15.6. The number of nitrogens with zero attached hydrogens (tertiary/aromatic N) is 2. The van der Waals surface area contributed by atoms with Crippen molar-refractivity contribution in [1.29, 1.82) is 0 Å². The van der Waals surface area contributed by atoms with E-state index in [2.05, 4.69) is 4.98 Å².